The van der Waals surface area contributed by atoms with Crippen LogP contribution < -0.4 is 11.1 Å². The molecule has 0 radical (unpaired) electrons. The third-order valence-electron chi connectivity index (χ3n) is 2.66. The topological polar surface area (TPSA) is 98.3 Å². The van der Waals surface area contributed by atoms with Crippen LogP contribution in [0.15, 0.2) is 45.3 Å². The number of nitrogen functional groups attached to an aromatic ring is 1. The van der Waals surface area contributed by atoms with Gasteiger partial charge in [0.15, 0.2) is 0 Å². The fraction of sp³-hybridized carbons (Fsp3) is 0. The molecule has 8 heteroatoms. The molecular formula is C13H9Br2N3O3. The Morgan fingerprint density at radius 1 is 1.14 bits per heavy atom. The van der Waals surface area contributed by atoms with Crippen LogP contribution in [0.3, 0.4) is 0 Å². The molecule has 0 atom stereocenters. The molecule has 0 bridgehead atoms. The largest absolute Gasteiger partial charge is 0.398 e. The molecule has 0 aliphatic carbocycles. The van der Waals surface area contributed by atoms with E-state index >= 15 is 0 Å². The molecule has 2 aromatic rings. The minimum atomic E-state index is -0.564. The zero-order valence-corrected chi connectivity index (χ0v) is 13.6. The monoisotopic (exact) mass is 413 g/mol. The molecule has 0 aromatic heterocycles. The van der Waals surface area contributed by atoms with Gasteiger partial charge >= 0.3 is 0 Å². The molecule has 0 heterocycles. The van der Waals surface area contributed by atoms with Crippen molar-refractivity contribution in [3.05, 3.63) is 61.0 Å². The first-order valence-corrected chi connectivity index (χ1v) is 7.27. The van der Waals surface area contributed by atoms with Crippen molar-refractivity contribution in [3.63, 3.8) is 0 Å². The van der Waals surface area contributed by atoms with Crippen molar-refractivity contribution >= 4 is 54.8 Å². The van der Waals surface area contributed by atoms with Crippen LogP contribution in [0.4, 0.5) is 17.1 Å². The summed E-state index contributed by atoms with van der Waals surface area (Å²) in [5.74, 6) is -0.509. The molecule has 0 aliphatic heterocycles. The lowest BCUT2D eigenvalue weighted by Gasteiger charge is -2.08. The van der Waals surface area contributed by atoms with Crippen LogP contribution >= 0.6 is 31.9 Å². The summed E-state index contributed by atoms with van der Waals surface area (Å²) in [7, 11) is 0. The number of anilines is 2. The van der Waals surface area contributed by atoms with Gasteiger partial charge in [0.05, 0.1) is 10.5 Å². The zero-order chi connectivity index (χ0) is 15.6. The molecule has 0 fully saturated rings. The first-order valence-electron chi connectivity index (χ1n) is 5.69. The molecule has 21 heavy (non-hydrogen) atoms. The Bertz CT molecular complexity index is 735. The van der Waals surface area contributed by atoms with Crippen molar-refractivity contribution in [2.24, 2.45) is 0 Å². The third kappa shape index (κ3) is 3.59. The van der Waals surface area contributed by atoms with Gasteiger partial charge in [0, 0.05) is 20.7 Å². The number of rotatable bonds is 3. The average molecular weight is 415 g/mol. The Kier molecular flexibility index (Phi) is 4.59. The molecule has 1 amide bonds. The standard InChI is InChI=1S/C13H9Br2N3O3/c14-7-1-3-9(10(16)5-7)13(19)17-11-4-2-8(15)6-12(11)18(20)21/h1-6H,16H2,(H,17,19). The van der Waals surface area contributed by atoms with Gasteiger partial charge in [-0.25, -0.2) is 0 Å². The lowest BCUT2D eigenvalue weighted by Crippen LogP contribution is -2.15. The summed E-state index contributed by atoms with van der Waals surface area (Å²) in [6, 6.07) is 9.18. The lowest BCUT2D eigenvalue weighted by molar-refractivity contribution is -0.384. The molecule has 6 nitrogen and oxygen atoms in total. The Hall–Kier alpha value is -1.93. The quantitative estimate of drug-likeness (QED) is 0.451. The smallest absolute Gasteiger partial charge is 0.293 e. The zero-order valence-electron chi connectivity index (χ0n) is 10.5. The Morgan fingerprint density at radius 2 is 1.76 bits per heavy atom. The van der Waals surface area contributed by atoms with Crippen LogP contribution in [-0.4, -0.2) is 10.8 Å². The second-order valence-electron chi connectivity index (χ2n) is 4.10. The van der Waals surface area contributed by atoms with E-state index < -0.39 is 10.8 Å². The van der Waals surface area contributed by atoms with Crippen LogP contribution in [0.5, 0.6) is 0 Å². The SMILES string of the molecule is Nc1cc(Br)ccc1C(=O)Nc1ccc(Br)cc1[N+](=O)[O-]. The summed E-state index contributed by atoms with van der Waals surface area (Å²) < 4.78 is 1.29. The van der Waals surface area contributed by atoms with Crippen LogP contribution in [0.1, 0.15) is 10.4 Å². The maximum atomic E-state index is 12.2. The summed E-state index contributed by atoms with van der Waals surface area (Å²) in [6.45, 7) is 0. The molecule has 0 saturated carbocycles. The van der Waals surface area contributed by atoms with Crippen LogP contribution in [0.25, 0.3) is 0 Å². The van der Waals surface area contributed by atoms with Gasteiger partial charge in [-0.1, -0.05) is 31.9 Å². The minimum Gasteiger partial charge on any atom is -0.398 e. The molecule has 108 valence electrons. The van der Waals surface area contributed by atoms with Crippen molar-refractivity contribution in [1.82, 2.24) is 0 Å². The predicted octanol–water partition coefficient (Wildman–Crippen LogP) is 3.95. The second-order valence-corrected chi connectivity index (χ2v) is 5.94. The highest BCUT2D eigenvalue weighted by Crippen LogP contribution is 2.29. The Balaban J connectivity index is 2.34. The summed E-state index contributed by atoms with van der Waals surface area (Å²) in [5, 5.41) is 13.5. The second kappa shape index (κ2) is 6.23. The molecule has 2 rings (SSSR count). The highest BCUT2D eigenvalue weighted by Gasteiger charge is 2.18. The number of carbonyl (C=O) groups is 1. The molecule has 3 N–H and O–H groups in total. The fourth-order valence-corrected chi connectivity index (χ4v) is 2.42. The van der Waals surface area contributed by atoms with Crippen LogP contribution in [0.2, 0.25) is 0 Å². The van der Waals surface area contributed by atoms with E-state index in [0.717, 1.165) is 4.47 Å². The molecule has 0 spiro atoms. The fourth-order valence-electron chi connectivity index (χ4n) is 1.69. The molecule has 0 saturated heterocycles. The van der Waals surface area contributed by atoms with E-state index in [1.54, 1.807) is 24.3 Å². The third-order valence-corrected chi connectivity index (χ3v) is 3.65. The number of amides is 1. The van der Waals surface area contributed by atoms with Gasteiger partial charge in [0.2, 0.25) is 0 Å². The van der Waals surface area contributed by atoms with Gasteiger partial charge in [0.25, 0.3) is 11.6 Å². The van der Waals surface area contributed by atoms with E-state index in [2.05, 4.69) is 37.2 Å². The van der Waals surface area contributed by atoms with Gasteiger partial charge in [-0.05, 0) is 30.3 Å². The summed E-state index contributed by atoms with van der Waals surface area (Å²) >= 11 is 6.40. The highest BCUT2D eigenvalue weighted by atomic mass is 79.9. The van der Waals surface area contributed by atoms with Crippen molar-refractivity contribution in [3.8, 4) is 0 Å². The Morgan fingerprint density at radius 3 is 2.38 bits per heavy atom. The Labute approximate surface area is 136 Å². The van der Waals surface area contributed by atoms with E-state index in [9.17, 15) is 14.9 Å². The number of hydrogen-bond donors (Lipinski definition) is 2. The highest BCUT2D eigenvalue weighted by molar-refractivity contribution is 9.10. The van der Waals surface area contributed by atoms with E-state index in [1.807, 2.05) is 0 Å². The molecular weight excluding hydrogens is 406 g/mol. The number of hydrogen-bond acceptors (Lipinski definition) is 4. The van der Waals surface area contributed by atoms with Gasteiger partial charge in [-0.15, -0.1) is 0 Å². The van der Waals surface area contributed by atoms with Gasteiger partial charge in [-0.3, -0.25) is 14.9 Å². The average Bonchev–Trinajstić information content (AvgIpc) is 2.40. The van der Waals surface area contributed by atoms with Crippen molar-refractivity contribution in [2.75, 3.05) is 11.1 Å². The maximum absolute atomic E-state index is 12.2. The number of nitrogens with one attached hydrogen (secondary N) is 1. The number of halogens is 2. The number of nitrogens with two attached hydrogens (primary N) is 1. The maximum Gasteiger partial charge on any atom is 0.293 e. The number of benzene rings is 2. The van der Waals surface area contributed by atoms with Crippen molar-refractivity contribution in [2.45, 2.75) is 0 Å². The van der Waals surface area contributed by atoms with Gasteiger partial charge < -0.3 is 11.1 Å². The molecule has 0 unspecified atom stereocenters. The number of carbonyl (C=O) groups excluding carboxylic acids is 1. The molecule has 2 aromatic carbocycles. The number of nitro groups is 1. The summed E-state index contributed by atoms with van der Waals surface area (Å²) in [4.78, 5) is 22.6. The van der Waals surface area contributed by atoms with E-state index in [1.165, 1.54) is 12.1 Å². The van der Waals surface area contributed by atoms with Crippen LogP contribution in [-0.2, 0) is 0 Å². The van der Waals surface area contributed by atoms with Crippen molar-refractivity contribution < 1.29 is 9.72 Å². The summed E-state index contributed by atoms with van der Waals surface area (Å²) in [6.07, 6.45) is 0. The van der Waals surface area contributed by atoms with E-state index in [-0.39, 0.29) is 22.6 Å². The normalized spacial score (nSPS) is 10.2. The number of nitrogens with zero attached hydrogens (tertiary/aromatic N) is 1. The minimum absolute atomic E-state index is 0.107. The van der Waals surface area contributed by atoms with E-state index in [0.29, 0.717) is 4.47 Å². The molecule has 0 aliphatic rings. The predicted molar refractivity (Wildman–Crippen MR) is 87.3 cm³/mol. The first kappa shape index (κ1) is 15.5. The van der Waals surface area contributed by atoms with Crippen LogP contribution in [0, 0.1) is 10.1 Å². The summed E-state index contributed by atoms with van der Waals surface area (Å²) in [5.41, 5.74) is 6.20. The number of nitro benzene ring substituents is 1. The first-order chi connectivity index (χ1) is 9.88. The van der Waals surface area contributed by atoms with Crippen molar-refractivity contribution in [1.29, 1.82) is 0 Å². The lowest BCUT2D eigenvalue weighted by atomic mass is 10.1. The van der Waals surface area contributed by atoms with E-state index in [4.69, 9.17) is 5.73 Å². The van der Waals surface area contributed by atoms with Gasteiger partial charge in [0.1, 0.15) is 5.69 Å². The van der Waals surface area contributed by atoms with Gasteiger partial charge in [-0.2, -0.15) is 0 Å².